The van der Waals surface area contributed by atoms with Crippen LogP contribution in [0.5, 0.6) is 11.6 Å². The van der Waals surface area contributed by atoms with E-state index in [-0.39, 0.29) is 11.7 Å². The Bertz CT molecular complexity index is 609. The molecule has 6 heteroatoms. The first-order valence-electron chi connectivity index (χ1n) is 6.46. The van der Waals surface area contributed by atoms with E-state index in [1.54, 1.807) is 12.1 Å². The molecule has 0 aliphatic rings. The largest absolute Gasteiger partial charge is 0.439 e. The number of pyridine rings is 1. The third kappa shape index (κ3) is 3.87. The summed E-state index contributed by atoms with van der Waals surface area (Å²) in [6, 6.07) is 8.96. The Morgan fingerprint density at radius 3 is 2.33 bits per heavy atom. The summed E-state index contributed by atoms with van der Waals surface area (Å²) in [7, 11) is 1.50. The number of benzene rings is 1. The van der Waals surface area contributed by atoms with Crippen LogP contribution >= 0.6 is 0 Å². The zero-order valence-electron chi connectivity index (χ0n) is 11.7. The molecule has 1 aromatic heterocycles. The Morgan fingerprint density at radius 2 is 1.81 bits per heavy atom. The van der Waals surface area contributed by atoms with Gasteiger partial charge in [0.15, 0.2) is 0 Å². The molecule has 0 aliphatic carbocycles. The van der Waals surface area contributed by atoms with Gasteiger partial charge in [-0.1, -0.05) is 19.1 Å². The van der Waals surface area contributed by atoms with Crippen LogP contribution in [-0.2, 0) is 12.6 Å². The van der Waals surface area contributed by atoms with E-state index in [0.29, 0.717) is 5.75 Å². The lowest BCUT2D eigenvalue weighted by atomic mass is 10.2. The third-order valence-electron chi connectivity index (χ3n) is 2.94. The van der Waals surface area contributed by atoms with Crippen molar-refractivity contribution in [1.82, 2.24) is 4.98 Å². The highest BCUT2D eigenvalue weighted by atomic mass is 19.4. The Labute approximate surface area is 120 Å². The van der Waals surface area contributed by atoms with Gasteiger partial charge in [0.1, 0.15) is 11.6 Å². The van der Waals surface area contributed by atoms with Crippen LogP contribution in [0, 0.1) is 0 Å². The average molecular weight is 296 g/mol. The van der Waals surface area contributed by atoms with Gasteiger partial charge in [0.25, 0.3) is 0 Å². The molecule has 0 aliphatic heterocycles. The van der Waals surface area contributed by atoms with Crippen molar-refractivity contribution >= 4 is 5.82 Å². The molecule has 3 nitrogen and oxygen atoms in total. The van der Waals surface area contributed by atoms with Crippen LogP contribution in [0.1, 0.15) is 18.1 Å². The SMILES string of the molecule is CCc1ccc(Oc2cc(C(F)(F)F)cc(NC)n2)cc1. The summed E-state index contributed by atoms with van der Waals surface area (Å²) in [6.07, 6.45) is -3.56. The fourth-order valence-corrected chi connectivity index (χ4v) is 1.76. The van der Waals surface area contributed by atoms with E-state index in [1.807, 2.05) is 19.1 Å². The van der Waals surface area contributed by atoms with Gasteiger partial charge in [-0.3, -0.25) is 0 Å². The molecule has 0 atom stereocenters. The molecule has 2 aromatic rings. The van der Waals surface area contributed by atoms with Gasteiger partial charge in [-0.15, -0.1) is 0 Å². The van der Waals surface area contributed by atoms with E-state index in [9.17, 15) is 13.2 Å². The fraction of sp³-hybridized carbons (Fsp3) is 0.267. The van der Waals surface area contributed by atoms with Crippen LogP contribution < -0.4 is 10.1 Å². The van der Waals surface area contributed by atoms with Crippen LogP contribution in [-0.4, -0.2) is 12.0 Å². The van der Waals surface area contributed by atoms with Crippen molar-refractivity contribution in [3.05, 3.63) is 47.5 Å². The summed E-state index contributed by atoms with van der Waals surface area (Å²) < 4.78 is 43.8. The number of anilines is 1. The predicted molar refractivity (Wildman–Crippen MR) is 74.7 cm³/mol. The van der Waals surface area contributed by atoms with Gasteiger partial charge in [0.05, 0.1) is 5.56 Å². The van der Waals surface area contributed by atoms with Crippen LogP contribution in [0.3, 0.4) is 0 Å². The first-order chi connectivity index (χ1) is 9.92. The van der Waals surface area contributed by atoms with E-state index < -0.39 is 11.7 Å². The maximum atomic E-state index is 12.8. The van der Waals surface area contributed by atoms with Crippen LogP contribution in [0.4, 0.5) is 19.0 Å². The zero-order valence-corrected chi connectivity index (χ0v) is 11.7. The van der Waals surface area contributed by atoms with Crippen molar-refractivity contribution in [2.24, 2.45) is 0 Å². The van der Waals surface area contributed by atoms with E-state index in [1.165, 1.54) is 7.05 Å². The standard InChI is InChI=1S/C15H15F3N2O/c1-3-10-4-6-12(7-5-10)21-14-9-11(15(16,17)18)8-13(19-2)20-14/h4-9H,3H2,1-2H3,(H,19,20). The fourth-order valence-electron chi connectivity index (χ4n) is 1.76. The molecule has 0 radical (unpaired) electrons. The van der Waals surface area contributed by atoms with Crippen molar-refractivity contribution in [1.29, 1.82) is 0 Å². The lowest BCUT2D eigenvalue weighted by Gasteiger charge is -2.12. The highest BCUT2D eigenvalue weighted by Crippen LogP contribution is 2.33. The first kappa shape index (κ1) is 15.2. The van der Waals surface area contributed by atoms with Gasteiger partial charge in [-0.25, -0.2) is 0 Å². The number of aryl methyl sites for hydroxylation is 1. The zero-order chi connectivity index (χ0) is 15.5. The molecule has 1 aromatic carbocycles. The summed E-state index contributed by atoms with van der Waals surface area (Å²) in [5.74, 6) is 0.449. The highest BCUT2D eigenvalue weighted by Gasteiger charge is 2.32. The van der Waals surface area contributed by atoms with Crippen molar-refractivity contribution < 1.29 is 17.9 Å². The molecule has 21 heavy (non-hydrogen) atoms. The molecule has 0 bridgehead atoms. The second-order valence-corrected chi connectivity index (χ2v) is 4.43. The number of aromatic nitrogens is 1. The van der Waals surface area contributed by atoms with E-state index >= 15 is 0 Å². The number of nitrogens with zero attached hydrogens (tertiary/aromatic N) is 1. The highest BCUT2D eigenvalue weighted by molar-refractivity contribution is 5.43. The monoisotopic (exact) mass is 296 g/mol. The summed E-state index contributed by atoms with van der Waals surface area (Å²) in [5.41, 5.74) is 0.317. The van der Waals surface area contributed by atoms with Gasteiger partial charge < -0.3 is 10.1 Å². The second kappa shape index (κ2) is 6.03. The van der Waals surface area contributed by atoms with Crippen molar-refractivity contribution in [3.63, 3.8) is 0 Å². The minimum absolute atomic E-state index is 0.0987. The summed E-state index contributed by atoms with van der Waals surface area (Å²) in [6.45, 7) is 2.02. The minimum atomic E-state index is -4.45. The Hall–Kier alpha value is -2.24. The molecule has 0 amide bonds. The molecule has 2 rings (SSSR count). The summed E-state index contributed by atoms with van der Waals surface area (Å²) in [4.78, 5) is 3.97. The number of hydrogen-bond acceptors (Lipinski definition) is 3. The lowest BCUT2D eigenvalue weighted by Crippen LogP contribution is -2.07. The van der Waals surface area contributed by atoms with Gasteiger partial charge in [-0.05, 0) is 30.2 Å². The van der Waals surface area contributed by atoms with E-state index in [2.05, 4.69) is 10.3 Å². The molecule has 0 saturated heterocycles. The number of nitrogens with one attached hydrogen (secondary N) is 1. The van der Waals surface area contributed by atoms with Gasteiger partial charge in [0, 0.05) is 13.1 Å². The maximum absolute atomic E-state index is 12.8. The topological polar surface area (TPSA) is 34.1 Å². The Balaban J connectivity index is 2.29. The second-order valence-electron chi connectivity index (χ2n) is 4.43. The Morgan fingerprint density at radius 1 is 1.14 bits per heavy atom. The molecule has 112 valence electrons. The molecular weight excluding hydrogens is 281 g/mol. The van der Waals surface area contributed by atoms with Crippen molar-refractivity contribution in [2.75, 3.05) is 12.4 Å². The summed E-state index contributed by atoms with van der Waals surface area (Å²) >= 11 is 0. The molecule has 0 fully saturated rings. The molecule has 1 N–H and O–H groups in total. The Kier molecular flexibility index (Phi) is 4.35. The number of alkyl halides is 3. The average Bonchev–Trinajstić information content (AvgIpc) is 2.46. The van der Waals surface area contributed by atoms with Crippen LogP contribution in [0.25, 0.3) is 0 Å². The quantitative estimate of drug-likeness (QED) is 0.902. The van der Waals surface area contributed by atoms with Gasteiger partial charge in [0.2, 0.25) is 5.88 Å². The minimum Gasteiger partial charge on any atom is -0.439 e. The number of rotatable bonds is 4. The summed E-state index contributed by atoms with van der Waals surface area (Å²) in [5, 5.41) is 2.59. The predicted octanol–water partition coefficient (Wildman–Crippen LogP) is 4.50. The molecular formula is C15H15F3N2O. The first-order valence-corrected chi connectivity index (χ1v) is 6.46. The molecule has 0 saturated carbocycles. The number of ether oxygens (including phenoxy) is 1. The van der Waals surface area contributed by atoms with Crippen molar-refractivity contribution in [3.8, 4) is 11.6 Å². The van der Waals surface area contributed by atoms with Gasteiger partial charge >= 0.3 is 6.18 Å². The number of hydrogen-bond donors (Lipinski definition) is 1. The molecule has 0 spiro atoms. The third-order valence-corrected chi connectivity index (χ3v) is 2.94. The van der Waals surface area contributed by atoms with Gasteiger partial charge in [-0.2, -0.15) is 18.2 Å². The van der Waals surface area contributed by atoms with E-state index in [4.69, 9.17) is 4.74 Å². The lowest BCUT2D eigenvalue weighted by molar-refractivity contribution is -0.137. The molecule has 1 heterocycles. The molecule has 0 unspecified atom stereocenters. The van der Waals surface area contributed by atoms with Crippen molar-refractivity contribution in [2.45, 2.75) is 19.5 Å². The smallest absolute Gasteiger partial charge is 0.416 e. The van der Waals surface area contributed by atoms with Crippen LogP contribution in [0.2, 0.25) is 0 Å². The normalized spacial score (nSPS) is 11.3. The number of halogens is 3. The van der Waals surface area contributed by atoms with E-state index in [0.717, 1.165) is 24.1 Å². The van der Waals surface area contributed by atoms with Crippen LogP contribution in [0.15, 0.2) is 36.4 Å². The maximum Gasteiger partial charge on any atom is 0.416 e.